The Hall–Kier alpha value is -2.68. The van der Waals surface area contributed by atoms with Crippen molar-refractivity contribution in [2.45, 2.75) is 11.8 Å². The first-order chi connectivity index (χ1) is 14.0. The van der Waals surface area contributed by atoms with E-state index in [0.29, 0.717) is 44.3 Å². The fourth-order valence-electron chi connectivity index (χ4n) is 2.87. The van der Waals surface area contributed by atoms with Crippen LogP contribution in [-0.4, -0.2) is 51.5 Å². The number of ether oxygens (including phenoxy) is 2. The van der Waals surface area contributed by atoms with E-state index in [1.807, 2.05) is 13.0 Å². The number of hydrogen-bond acceptors (Lipinski definition) is 5. The monoisotopic (exact) mass is 416 g/mol. The van der Waals surface area contributed by atoms with Gasteiger partial charge < -0.3 is 14.8 Å². The number of hydrogen-bond donors (Lipinski definition) is 1. The Morgan fingerprint density at radius 2 is 1.90 bits per heavy atom. The average molecular weight is 416 g/mol. The van der Waals surface area contributed by atoms with Crippen LogP contribution in [0.15, 0.2) is 59.5 Å². The highest BCUT2D eigenvalue weighted by Gasteiger charge is 2.25. The van der Waals surface area contributed by atoms with Gasteiger partial charge in [-0.25, -0.2) is 8.42 Å². The van der Waals surface area contributed by atoms with E-state index in [2.05, 4.69) is 5.32 Å². The molecule has 29 heavy (non-hydrogen) atoms. The molecule has 0 aliphatic carbocycles. The molecule has 1 fully saturated rings. The van der Waals surface area contributed by atoms with Crippen molar-refractivity contribution in [1.29, 1.82) is 0 Å². The van der Waals surface area contributed by atoms with Crippen molar-refractivity contribution in [3.63, 3.8) is 0 Å². The van der Waals surface area contributed by atoms with Gasteiger partial charge in [-0.3, -0.25) is 4.79 Å². The fourth-order valence-corrected chi connectivity index (χ4v) is 4.28. The van der Waals surface area contributed by atoms with Gasteiger partial charge in [0.15, 0.2) is 0 Å². The number of nitrogens with zero attached hydrogens (tertiary/aromatic N) is 1. The molecule has 2 aromatic rings. The minimum absolute atomic E-state index is 0.230. The van der Waals surface area contributed by atoms with Crippen LogP contribution < -0.4 is 10.1 Å². The number of morpholine rings is 1. The maximum Gasteiger partial charge on any atom is 0.248 e. The van der Waals surface area contributed by atoms with E-state index >= 15 is 0 Å². The van der Waals surface area contributed by atoms with Crippen LogP contribution in [-0.2, 0) is 19.6 Å². The zero-order chi connectivity index (χ0) is 20.7. The highest BCUT2D eigenvalue weighted by molar-refractivity contribution is 7.89. The molecule has 1 saturated heterocycles. The van der Waals surface area contributed by atoms with E-state index in [1.54, 1.807) is 48.5 Å². The molecule has 2 aromatic carbocycles. The number of rotatable bonds is 7. The van der Waals surface area contributed by atoms with Crippen molar-refractivity contribution >= 4 is 27.7 Å². The third kappa shape index (κ3) is 5.66. The van der Waals surface area contributed by atoms with Gasteiger partial charge >= 0.3 is 0 Å². The smallest absolute Gasteiger partial charge is 0.248 e. The lowest BCUT2D eigenvalue weighted by Gasteiger charge is -2.26. The number of carbonyl (C=O) groups is 1. The van der Waals surface area contributed by atoms with Crippen LogP contribution in [0.2, 0.25) is 0 Å². The third-order valence-corrected chi connectivity index (χ3v) is 6.24. The molecule has 0 unspecified atom stereocenters. The molecule has 0 saturated carbocycles. The van der Waals surface area contributed by atoms with E-state index in [-0.39, 0.29) is 10.8 Å². The average Bonchev–Trinajstić information content (AvgIpc) is 2.74. The molecule has 3 rings (SSSR count). The molecule has 1 N–H and O–H groups in total. The third-order valence-electron chi connectivity index (χ3n) is 4.33. The van der Waals surface area contributed by atoms with Gasteiger partial charge in [0.05, 0.1) is 24.7 Å². The minimum atomic E-state index is -3.52. The topological polar surface area (TPSA) is 84.9 Å². The highest BCUT2D eigenvalue weighted by atomic mass is 32.2. The van der Waals surface area contributed by atoms with Crippen LogP contribution in [0.4, 0.5) is 5.69 Å². The van der Waals surface area contributed by atoms with Crippen molar-refractivity contribution < 1.29 is 22.7 Å². The predicted octanol–water partition coefficient (Wildman–Crippen LogP) is 2.76. The number of carbonyl (C=O) groups excluding carboxylic acids is 1. The SMILES string of the molecule is CCOc1cccc(NC(=O)/C=C\c2ccc(S(=O)(=O)N3CCOCC3)cc2)c1. The summed E-state index contributed by atoms with van der Waals surface area (Å²) in [4.78, 5) is 12.4. The van der Waals surface area contributed by atoms with Crippen molar-refractivity contribution in [2.75, 3.05) is 38.2 Å². The van der Waals surface area contributed by atoms with Gasteiger partial charge in [0, 0.05) is 30.9 Å². The Morgan fingerprint density at radius 1 is 1.17 bits per heavy atom. The molecule has 1 heterocycles. The molecule has 8 heteroatoms. The van der Waals surface area contributed by atoms with E-state index in [9.17, 15) is 13.2 Å². The number of amides is 1. The van der Waals surface area contributed by atoms with Gasteiger partial charge in [0.2, 0.25) is 15.9 Å². The van der Waals surface area contributed by atoms with E-state index in [4.69, 9.17) is 9.47 Å². The summed E-state index contributed by atoms with van der Waals surface area (Å²) in [6.45, 7) is 3.97. The van der Waals surface area contributed by atoms with Crippen molar-refractivity contribution in [2.24, 2.45) is 0 Å². The summed E-state index contributed by atoms with van der Waals surface area (Å²) in [5, 5.41) is 2.77. The molecule has 154 valence electrons. The fraction of sp³-hybridized carbons (Fsp3) is 0.286. The molecule has 1 aliphatic rings. The van der Waals surface area contributed by atoms with E-state index in [1.165, 1.54) is 10.4 Å². The summed E-state index contributed by atoms with van der Waals surface area (Å²) in [6.07, 6.45) is 3.03. The van der Waals surface area contributed by atoms with Crippen LogP contribution in [0.5, 0.6) is 5.75 Å². The van der Waals surface area contributed by atoms with Gasteiger partial charge in [-0.05, 0) is 42.8 Å². The summed E-state index contributed by atoms with van der Waals surface area (Å²) >= 11 is 0. The second-order valence-corrected chi connectivity index (χ2v) is 8.31. The maximum absolute atomic E-state index is 12.6. The minimum Gasteiger partial charge on any atom is -0.494 e. The standard InChI is InChI=1S/C21H24N2O5S/c1-2-28-19-5-3-4-18(16-19)22-21(24)11-8-17-6-9-20(10-7-17)29(25,26)23-12-14-27-15-13-23/h3-11,16H,2,12-15H2,1H3,(H,22,24)/b11-8-. The van der Waals surface area contributed by atoms with Crippen LogP contribution >= 0.6 is 0 Å². The van der Waals surface area contributed by atoms with Crippen LogP contribution in [0.1, 0.15) is 12.5 Å². The Labute approximate surface area is 171 Å². The quantitative estimate of drug-likeness (QED) is 0.702. The second kappa shape index (κ2) is 9.69. The van der Waals surface area contributed by atoms with Gasteiger partial charge in [-0.1, -0.05) is 18.2 Å². The summed E-state index contributed by atoms with van der Waals surface area (Å²) in [6, 6.07) is 13.6. The number of benzene rings is 2. The highest BCUT2D eigenvalue weighted by Crippen LogP contribution is 2.19. The molecular formula is C21H24N2O5S. The zero-order valence-corrected chi connectivity index (χ0v) is 17.0. The Balaban J connectivity index is 1.62. The summed E-state index contributed by atoms with van der Waals surface area (Å²) in [5.41, 5.74) is 1.36. The summed E-state index contributed by atoms with van der Waals surface area (Å²) < 4.78 is 37.3. The summed E-state index contributed by atoms with van der Waals surface area (Å²) in [7, 11) is -3.52. The lowest BCUT2D eigenvalue weighted by atomic mass is 10.2. The first-order valence-electron chi connectivity index (χ1n) is 9.39. The van der Waals surface area contributed by atoms with Crippen LogP contribution in [0, 0.1) is 0 Å². The molecule has 0 radical (unpaired) electrons. The molecule has 7 nitrogen and oxygen atoms in total. The van der Waals surface area contributed by atoms with Gasteiger partial charge in [-0.2, -0.15) is 4.31 Å². The van der Waals surface area contributed by atoms with Gasteiger partial charge in [-0.15, -0.1) is 0 Å². The van der Waals surface area contributed by atoms with Crippen LogP contribution in [0.3, 0.4) is 0 Å². The normalized spacial score (nSPS) is 15.3. The molecule has 0 spiro atoms. The maximum atomic E-state index is 12.6. The first kappa shape index (κ1) is 21.0. The lowest BCUT2D eigenvalue weighted by Crippen LogP contribution is -2.40. The molecule has 1 aliphatic heterocycles. The number of nitrogens with one attached hydrogen (secondary N) is 1. The zero-order valence-electron chi connectivity index (χ0n) is 16.2. The van der Waals surface area contributed by atoms with Crippen molar-refractivity contribution in [3.05, 3.63) is 60.2 Å². The van der Waals surface area contributed by atoms with Gasteiger partial charge in [0.25, 0.3) is 0 Å². The second-order valence-electron chi connectivity index (χ2n) is 6.37. The molecule has 0 aromatic heterocycles. The van der Waals surface area contributed by atoms with E-state index < -0.39 is 10.0 Å². The largest absolute Gasteiger partial charge is 0.494 e. The Kier molecular flexibility index (Phi) is 7.03. The molecule has 0 atom stereocenters. The molecule has 0 bridgehead atoms. The first-order valence-corrected chi connectivity index (χ1v) is 10.8. The number of anilines is 1. The predicted molar refractivity (Wildman–Crippen MR) is 111 cm³/mol. The lowest BCUT2D eigenvalue weighted by molar-refractivity contribution is -0.111. The Morgan fingerprint density at radius 3 is 2.59 bits per heavy atom. The van der Waals surface area contributed by atoms with Gasteiger partial charge in [0.1, 0.15) is 5.75 Å². The van der Waals surface area contributed by atoms with Crippen LogP contribution in [0.25, 0.3) is 6.08 Å². The van der Waals surface area contributed by atoms with Crippen molar-refractivity contribution in [3.8, 4) is 5.75 Å². The Bertz CT molecular complexity index is 965. The number of sulfonamides is 1. The molecule has 1 amide bonds. The van der Waals surface area contributed by atoms with E-state index in [0.717, 1.165) is 5.56 Å². The summed E-state index contributed by atoms with van der Waals surface area (Å²) in [5.74, 6) is 0.398. The van der Waals surface area contributed by atoms with Crippen molar-refractivity contribution in [1.82, 2.24) is 4.31 Å². The molecular weight excluding hydrogens is 392 g/mol.